The molecule has 0 amide bonds. The number of para-hydroxylation sites is 1. The van der Waals surface area contributed by atoms with Crippen molar-refractivity contribution in [1.29, 1.82) is 0 Å². The van der Waals surface area contributed by atoms with E-state index in [0.717, 1.165) is 61.4 Å². The summed E-state index contributed by atoms with van der Waals surface area (Å²) < 4.78 is 15.5. The zero-order valence-electron chi connectivity index (χ0n) is 15.8. The molecule has 0 saturated carbocycles. The second-order valence-electron chi connectivity index (χ2n) is 6.66. The van der Waals surface area contributed by atoms with Gasteiger partial charge < -0.3 is 9.47 Å². The van der Waals surface area contributed by atoms with E-state index in [1.54, 1.807) is 0 Å². The average Bonchev–Trinajstić information content (AvgIpc) is 3.30. The van der Waals surface area contributed by atoms with Crippen molar-refractivity contribution in [2.24, 2.45) is 7.05 Å². The van der Waals surface area contributed by atoms with Gasteiger partial charge in [-0.25, -0.2) is 4.98 Å². The molecule has 1 aromatic carbocycles. The average molecular weight is 367 g/mol. The molecular weight excluding hydrogens is 342 g/mol. The van der Waals surface area contributed by atoms with Crippen LogP contribution in [-0.2, 0) is 11.8 Å². The summed E-state index contributed by atoms with van der Waals surface area (Å²) in [5.41, 5.74) is 3.08. The molecule has 3 aromatic rings. The minimum Gasteiger partial charge on any atom is -0.491 e. The lowest BCUT2D eigenvalue weighted by atomic mass is 10.2. The highest BCUT2D eigenvalue weighted by molar-refractivity contribution is 5.66. The van der Waals surface area contributed by atoms with Crippen LogP contribution in [0.4, 0.5) is 0 Å². The van der Waals surface area contributed by atoms with E-state index in [2.05, 4.69) is 32.5 Å². The zero-order chi connectivity index (χ0) is 18.6. The lowest BCUT2D eigenvalue weighted by molar-refractivity contribution is 0.0323. The third-order valence-corrected chi connectivity index (χ3v) is 5.01. The maximum Gasteiger partial charge on any atom is 0.148 e. The first-order valence-corrected chi connectivity index (χ1v) is 9.28. The Bertz CT molecular complexity index is 895. The maximum absolute atomic E-state index is 6.13. The molecule has 7 heteroatoms. The second kappa shape index (κ2) is 7.94. The Morgan fingerprint density at radius 1 is 1.19 bits per heavy atom. The van der Waals surface area contributed by atoms with Crippen molar-refractivity contribution in [3.63, 3.8) is 0 Å². The molecule has 0 atom stereocenters. The molecule has 1 aliphatic rings. The third-order valence-electron chi connectivity index (χ3n) is 5.01. The van der Waals surface area contributed by atoms with Crippen LogP contribution < -0.4 is 4.74 Å². The van der Waals surface area contributed by atoms with E-state index in [9.17, 15) is 0 Å². The van der Waals surface area contributed by atoms with Crippen molar-refractivity contribution in [2.75, 3.05) is 39.5 Å². The van der Waals surface area contributed by atoms with Crippen LogP contribution >= 0.6 is 0 Å². The Balaban J connectivity index is 1.55. The molecule has 0 N–H and O–H groups in total. The van der Waals surface area contributed by atoms with E-state index < -0.39 is 0 Å². The van der Waals surface area contributed by atoms with Crippen molar-refractivity contribution in [1.82, 2.24) is 24.2 Å². The summed E-state index contributed by atoms with van der Waals surface area (Å²) >= 11 is 0. The maximum atomic E-state index is 6.13. The van der Waals surface area contributed by atoms with Gasteiger partial charge in [-0.3, -0.25) is 14.1 Å². The van der Waals surface area contributed by atoms with Crippen LogP contribution in [0.5, 0.6) is 5.75 Å². The second-order valence-corrected chi connectivity index (χ2v) is 6.66. The van der Waals surface area contributed by atoms with Gasteiger partial charge in [0.25, 0.3) is 0 Å². The Labute approximate surface area is 159 Å². The lowest BCUT2D eigenvalue weighted by Gasteiger charge is -2.26. The van der Waals surface area contributed by atoms with Crippen LogP contribution in [0.1, 0.15) is 5.69 Å². The van der Waals surface area contributed by atoms with Crippen LogP contribution in [0.25, 0.3) is 17.1 Å². The fourth-order valence-electron chi connectivity index (χ4n) is 3.31. The number of nitrogens with zero attached hydrogens (tertiary/aromatic N) is 5. The minimum atomic E-state index is 0.643. The van der Waals surface area contributed by atoms with Gasteiger partial charge >= 0.3 is 0 Å². The number of rotatable bonds is 6. The van der Waals surface area contributed by atoms with Crippen molar-refractivity contribution in [3.8, 4) is 22.8 Å². The molecule has 0 unspecified atom stereocenters. The molecule has 4 rings (SSSR count). The zero-order valence-corrected chi connectivity index (χ0v) is 15.8. The highest BCUT2D eigenvalue weighted by Crippen LogP contribution is 2.30. The summed E-state index contributed by atoms with van der Waals surface area (Å²) in [6.45, 7) is 7.14. The van der Waals surface area contributed by atoms with Gasteiger partial charge in [-0.15, -0.1) is 0 Å². The van der Waals surface area contributed by atoms with Gasteiger partial charge in [-0.05, 0) is 19.1 Å². The van der Waals surface area contributed by atoms with Crippen LogP contribution in [-0.4, -0.2) is 63.7 Å². The normalized spacial score (nSPS) is 15.2. The van der Waals surface area contributed by atoms with E-state index in [1.807, 2.05) is 48.5 Å². The Hall–Kier alpha value is -2.64. The van der Waals surface area contributed by atoms with Crippen molar-refractivity contribution in [3.05, 3.63) is 48.5 Å². The van der Waals surface area contributed by atoms with E-state index in [0.29, 0.717) is 6.61 Å². The predicted molar refractivity (Wildman–Crippen MR) is 103 cm³/mol. The van der Waals surface area contributed by atoms with Gasteiger partial charge in [-0.2, -0.15) is 5.10 Å². The van der Waals surface area contributed by atoms with Crippen LogP contribution in [0.2, 0.25) is 0 Å². The third kappa shape index (κ3) is 3.74. The number of aryl methyl sites for hydroxylation is 1. The largest absolute Gasteiger partial charge is 0.491 e. The fourth-order valence-corrected chi connectivity index (χ4v) is 3.31. The van der Waals surface area contributed by atoms with E-state index in [1.165, 1.54) is 0 Å². The molecule has 27 heavy (non-hydrogen) atoms. The van der Waals surface area contributed by atoms with Crippen LogP contribution in [0.3, 0.4) is 0 Å². The summed E-state index contributed by atoms with van der Waals surface area (Å²) in [5, 5.41) is 4.35. The summed E-state index contributed by atoms with van der Waals surface area (Å²) in [6, 6.07) is 8.06. The molecule has 1 aliphatic heterocycles. The van der Waals surface area contributed by atoms with E-state index in [-0.39, 0.29) is 0 Å². The van der Waals surface area contributed by atoms with Crippen molar-refractivity contribution >= 4 is 0 Å². The minimum absolute atomic E-state index is 0.643. The van der Waals surface area contributed by atoms with Gasteiger partial charge in [0.1, 0.15) is 18.2 Å². The first-order valence-electron chi connectivity index (χ1n) is 9.28. The predicted octanol–water partition coefficient (Wildman–Crippen LogP) is 2.29. The molecule has 7 nitrogen and oxygen atoms in total. The molecule has 1 fully saturated rings. The molecule has 0 aliphatic carbocycles. The highest BCUT2D eigenvalue weighted by atomic mass is 16.5. The summed E-state index contributed by atoms with van der Waals surface area (Å²) in [7, 11) is 1.94. The van der Waals surface area contributed by atoms with Gasteiger partial charge in [0.2, 0.25) is 0 Å². The molecule has 1 saturated heterocycles. The molecule has 142 valence electrons. The number of hydrogen-bond donors (Lipinski definition) is 0. The number of hydrogen-bond acceptors (Lipinski definition) is 5. The Kier molecular flexibility index (Phi) is 5.22. The van der Waals surface area contributed by atoms with Gasteiger partial charge in [0, 0.05) is 39.1 Å². The molecule has 2 aromatic heterocycles. The quantitative estimate of drug-likeness (QED) is 0.669. The molecule has 0 radical (unpaired) electrons. The number of benzene rings is 1. The fraction of sp³-hybridized carbons (Fsp3) is 0.400. The topological polar surface area (TPSA) is 57.3 Å². The number of morpholine rings is 1. The number of imidazole rings is 1. The van der Waals surface area contributed by atoms with Gasteiger partial charge in [0.15, 0.2) is 0 Å². The monoisotopic (exact) mass is 367 g/mol. The van der Waals surface area contributed by atoms with Crippen LogP contribution in [0.15, 0.2) is 42.9 Å². The van der Waals surface area contributed by atoms with Crippen molar-refractivity contribution < 1.29 is 9.47 Å². The summed E-state index contributed by atoms with van der Waals surface area (Å²) in [5.74, 6) is 1.70. The van der Waals surface area contributed by atoms with Crippen LogP contribution in [0, 0.1) is 6.92 Å². The molecule has 3 heterocycles. The van der Waals surface area contributed by atoms with Gasteiger partial charge in [-0.1, -0.05) is 12.1 Å². The standard InChI is InChI=1S/C20H25N5O2/c1-16-18(15-22-23(16)2)25-8-7-21-20(25)17-5-3-4-6-19(17)27-14-11-24-9-12-26-13-10-24/h3-8,15H,9-14H2,1-2H3. The Morgan fingerprint density at radius 3 is 2.78 bits per heavy atom. The smallest absolute Gasteiger partial charge is 0.148 e. The summed E-state index contributed by atoms with van der Waals surface area (Å²) in [6.07, 6.45) is 5.64. The van der Waals surface area contributed by atoms with E-state index in [4.69, 9.17) is 9.47 Å². The first kappa shape index (κ1) is 17.8. The molecule has 0 bridgehead atoms. The lowest BCUT2D eigenvalue weighted by Crippen LogP contribution is -2.38. The van der Waals surface area contributed by atoms with Crippen molar-refractivity contribution in [2.45, 2.75) is 6.92 Å². The van der Waals surface area contributed by atoms with E-state index >= 15 is 0 Å². The SMILES string of the molecule is Cc1c(-n2ccnc2-c2ccccc2OCCN2CCOCC2)cnn1C. The van der Waals surface area contributed by atoms with Gasteiger partial charge in [0.05, 0.1) is 36.4 Å². The first-order chi connectivity index (χ1) is 13.2. The molecular formula is C20H25N5O2. The summed E-state index contributed by atoms with van der Waals surface area (Å²) in [4.78, 5) is 6.96. The number of ether oxygens (including phenoxy) is 2. The Morgan fingerprint density at radius 2 is 2.00 bits per heavy atom. The number of aromatic nitrogens is 4. The molecule has 0 spiro atoms. The highest BCUT2D eigenvalue weighted by Gasteiger charge is 2.16.